The Morgan fingerprint density at radius 2 is 2.11 bits per heavy atom. The van der Waals surface area contributed by atoms with Gasteiger partial charge in [0.2, 0.25) is 11.8 Å². The van der Waals surface area contributed by atoms with Gasteiger partial charge in [-0.3, -0.25) is 10.1 Å². The van der Waals surface area contributed by atoms with E-state index in [1.165, 1.54) is 12.2 Å². The van der Waals surface area contributed by atoms with Crippen molar-refractivity contribution in [1.29, 1.82) is 0 Å². The largest absolute Gasteiger partial charge is 0.477 e. The zero-order chi connectivity index (χ0) is 14.6. The number of ether oxygens (including phenoxy) is 1. The first-order valence-electron chi connectivity index (χ1n) is 4.87. The zero-order valence-electron chi connectivity index (χ0n) is 9.48. The first kappa shape index (κ1) is 14.7. The Morgan fingerprint density at radius 1 is 1.47 bits per heavy atom. The fourth-order valence-electron chi connectivity index (χ4n) is 0.992. The Hall–Kier alpha value is -2.39. The first-order valence-corrected chi connectivity index (χ1v) is 4.87. The van der Waals surface area contributed by atoms with E-state index in [-0.39, 0.29) is 6.61 Å². The maximum atomic E-state index is 12.0. The van der Waals surface area contributed by atoms with E-state index in [1.807, 2.05) is 0 Å². The van der Waals surface area contributed by atoms with E-state index in [9.17, 15) is 22.8 Å². The van der Waals surface area contributed by atoms with Crippen molar-refractivity contribution < 1.29 is 32.6 Å². The Balaban J connectivity index is 3.02. The predicted octanol–water partition coefficient (Wildman–Crippen LogP) is 1.07. The lowest BCUT2D eigenvalue weighted by Gasteiger charge is -2.09. The first-order chi connectivity index (χ1) is 8.75. The van der Waals surface area contributed by atoms with Crippen LogP contribution in [-0.2, 0) is 4.79 Å². The minimum atomic E-state index is -5.10. The van der Waals surface area contributed by atoms with E-state index in [1.54, 1.807) is 0 Å². The van der Waals surface area contributed by atoms with Gasteiger partial charge >= 0.3 is 18.1 Å². The molecule has 0 bridgehead atoms. The second-order valence-electron chi connectivity index (χ2n) is 3.10. The van der Waals surface area contributed by atoms with E-state index in [4.69, 9.17) is 9.84 Å². The summed E-state index contributed by atoms with van der Waals surface area (Å²) in [6.45, 7) is 1.58. The van der Waals surface area contributed by atoms with Gasteiger partial charge in [0.25, 0.3) is 0 Å². The summed E-state index contributed by atoms with van der Waals surface area (Å²) in [6.07, 6.45) is -4.35. The van der Waals surface area contributed by atoms with Crippen LogP contribution >= 0.6 is 0 Å². The van der Waals surface area contributed by atoms with E-state index in [0.717, 1.165) is 6.20 Å². The highest BCUT2D eigenvalue weighted by Crippen LogP contribution is 2.19. The molecule has 1 heterocycles. The minimum absolute atomic E-state index is 0.0456. The van der Waals surface area contributed by atoms with Crippen molar-refractivity contribution in [1.82, 2.24) is 9.97 Å². The maximum Gasteiger partial charge on any atom is 0.471 e. The summed E-state index contributed by atoms with van der Waals surface area (Å²) in [7, 11) is 0. The van der Waals surface area contributed by atoms with Crippen LogP contribution in [0.1, 0.15) is 17.3 Å². The second kappa shape index (κ2) is 5.50. The van der Waals surface area contributed by atoms with Gasteiger partial charge in [-0.2, -0.15) is 18.2 Å². The van der Waals surface area contributed by atoms with Gasteiger partial charge in [-0.05, 0) is 6.92 Å². The Bertz CT molecular complexity index is 504. The number of carbonyl (C=O) groups is 2. The van der Waals surface area contributed by atoms with Gasteiger partial charge in [0.1, 0.15) is 5.56 Å². The molecule has 19 heavy (non-hydrogen) atoms. The van der Waals surface area contributed by atoms with E-state index in [2.05, 4.69) is 9.97 Å². The number of halogens is 3. The van der Waals surface area contributed by atoms with Crippen LogP contribution in [0.5, 0.6) is 5.88 Å². The fraction of sp³-hybridized carbons (Fsp3) is 0.333. The number of aromatic carboxylic acids is 1. The van der Waals surface area contributed by atoms with Crippen molar-refractivity contribution >= 4 is 17.8 Å². The number of nitrogens with one attached hydrogen (secondary N) is 1. The molecule has 0 radical (unpaired) electrons. The van der Waals surface area contributed by atoms with Gasteiger partial charge in [-0.25, -0.2) is 9.78 Å². The van der Waals surface area contributed by atoms with Crippen molar-refractivity contribution in [3.05, 3.63) is 11.8 Å². The average molecular weight is 279 g/mol. The van der Waals surface area contributed by atoms with Crippen LogP contribution in [-0.4, -0.2) is 39.7 Å². The van der Waals surface area contributed by atoms with Crippen LogP contribution in [0.25, 0.3) is 0 Å². The molecule has 1 rings (SSSR count). The lowest BCUT2D eigenvalue weighted by Crippen LogP contribution is -2.30. The van der Waals surface area contributed by atoms with Crippen molar-refractivity contribution in [2.24, 2.45) is 0 Å². The molecule has 0 aliphatic rings. The summed E-state index contributed by atoms with van der Waals surface area (Å²) in [6, 6.07) is 0. The molecular formula is C9H8F3N3O4. The molecular weight excluding hydrogens is 271 g/mol. The van der Waals surface area contributed by atoms with Gasteiger partial charge < -0.3 is 9.84 Å². The number of amides is 1. The van der Waals surface area contributed by atoms with Crippen molar-refractivity contribution in [3.8, 4) is 5.88 Å². The number of aromatic nitrogens is 2. The van der Waals surface area contributed by atoms with Crippen molar-refractivity contribution in [2.75, 3.05) is 11.9 Å². The summed E-state index contributed by atoms with van der Waals surface area (Å²) >= 11 is 0. The third kappa shape index (κ3) is 3.79. The third-order valence-electron chi connectivity index (χ3n) is 1.75. The average Bonchev–Trinajstić information content (AvgIpc) is 2.28. The minimum Gasteiger partial charge on any atom is -0.477 e. The number of carboxylic acids is 1. The number of nitrogens with zero attached hydrogens (tertiary/aromatic N) is 2. The number of hydrogen-bond acceptors (Lipinski definition) is 5. The van der Waals surface area contributed by atoms with E-state index < -0.39 is 35.4 Å². The van der Waals surface area contributed by atoms with Crippen molar-refractivity contribution in [2.45, 2.75) is 13.1 Å². The Labute approximate surface area is 104 Å². The van der Waals surface area contributed by atoms with Gasteiger partial charge in [0, 0.05) is 0 Å². The summed E-state index contributed by atoms with van der Waals surface area (Å²) in [5.41, 5.74) is -0.424. The van der Waals surface area contributed by atoms with Crippen LogP contribution in [0.2, 0.25) is 0 Å². The number of anilines is 1. The molecule has 0 unspecified atom stereocenters. The molecule has 104 valence electrons. The van der Waals surface area contributed by atoms with Crippen LogP contribution in [0.4, 0.5) is 19.1 Å². The number of hydrogen-bond donors (Lipinski definition) is 2. The molecule has 0 saturated heterocycles. The molecule has 0 aromatic carbocycles. The number of rotatable bonds is 4. The molecule has 0 fully saturated rings. The molecule has 1 amide bonds. The van der Waals surface area contributed by atoms with Crippen LogP contribution in [0.3, 0.4) is 0 Å². The maximum absolute atomic E-state index is 12.0. The van der Waals surface area contributed by atoms with Crippen molar-refractivity contribution in [3.63, 3.8) is 0 Å². The second-order valence-corrected chi connectivity index (χ2v) is 3.10. The van der Waals surface area contributed by atoms with Gasteiger partial charge in [-0.1, -0.05) is 0 Å². The molecule has 1 aromatic rings. The fourth-order valence-corrected chi connectivity index (χ4v) is 0.992. The SMILES string of the molecule is CCOc1nc(NC(=O)C(F)(F)F)ncc1C(=O)O. The molecule has 1 aromatic heterocycles. The summed E-state index contributed by atoms with van der Waals surface area (Å²) in [4.78, 5) is 28.1. The normalized spacial score (nSPS) is 10.9. The lowest BCUT2D eigenvalue weighted by molar-refractivity contribution is -0.167. The molecule has 0 spiro atoms. The monoisotopic (exact) mass is 279 g/mol. The highest BCUT2D eigenvalue weighted by atomic mass is 19.4. The Kier molecular flexibility index (Phi) is 4.25. The topological polar surface area (TPSA) is 101 Å². The lowest BCUT2D eigenvalue weighted by atomic mass is 10.3. The predicted molar refractivity (Wildman–Crippen MR) is 54.8 cm³/mol. The summed E-state index contributed by atoms with van der Waals surface area (Å²) < 4.78 is 40.8. The number of carbonyl (C=O) groups excluding carboxylic acids is 1. The summed E-state index contributed by atoms with van der Waals surface area (Å²) in [5, 5.41) is 10.2. The van der Waals surface area contributed by atoms with Crippen LogP contribution in [0.15, 0.2) is 6.20 Å². The molecule has 0 aliphatic heterocycles. The number of carboxylic acid groups (broad SMARTS) is 1. The standard InChI is InChI=1S/C9H8F3N3O4/c1-2-19-5-4(6(16)17)3-13-8(14-5)15-7(18)9(10,11)12/h3H,2H2,1H3,(H,16,17)(H,13,14,15,18). The molecule has 2 N–H and O–H groups in total. The van der Waals surface area contributed by atoms with E-state index >= 15 is 0 Å². The van der Waals surface area contributed by atoms with Gasteiger partial charge in [0.15, 0.2) is 0 Å². The highest BCUT2D eigenvalue weighted by molar-refractivity contribution is 5.94. The van der Waals surface area contributed by atoms with Crippen LogP contribution in [0, 0.1) is 0 Å². The Morgan fingerprint density at radius 3 is 2.58 bits per heavy atom. The van der Waals surface area contributed by atoms with Crippen LogP contribution < -0.4 is 10.1 Å². The highest BCUT2D eigenvalue weighted by Gasteiger charge is 2.39. The van der Waals surface area contributed by atoms with Gasteiger partial charge in [-0.15, -0.1) is 0 Å². The zero-order valence-corrected chi connectivity index (χ0v) is 9.48. The molecule has 0 saturated carbocycles. The summed E-state index contributed by atoms with van der Waals surface area (Å²) in [5.74, 6) is -4.80. The quantitative estimate of drug-likeness (QED) is 0.855. The molecule has 0 aliphatic carbocycles. The van der Waals surface area contributed by atoms with Gasteiger partial charge in [0.05, 0.1) is 12.8 Å². The van der Waals surface area contributed by atoms with E-state index in [0.29, 0.717) is 0 Å². The molecule has 10 heteroatoms. The smallest absolute Gasteiger partial charge is 0.471 e. The third-order valence-corrected chi connectivity index (χ3v) is 1.75. The number of alkyl halides is 3. The molecule has 0 atom stereocenters. The molecule has 7 nitrogen and oxygen atoms in total.